The van der Waals surface area contributed by atoms with Crippen molar-refractivity contribution in [1.29, 1.82) is 0 Å². The average molecular weight is 356 g/mol. The first kappa shape index (κ1) is 17.5. The molecule has 0 aliphatic carbocycles. The molecule has 0 spiro atoms. The molecular formula is C19H20N2O3S. The SMILES string of the molecule is NC[C@@H]1CCS[C@H](c2cccc(-c3ccccc3C(=O)O)c2)C(=O)N1. The maximum Gasteiger partial charge on any atom is 0.336 e. The molecular weight excluding hydrogens is 336 g/mol. The van der Waals surface area contributed by atoms with Gasteiger partial charge in [-0.1, -0.05) is 36.4 Å². The number of carbonyl (C=O) groups is 2. The highest BCUT2D eigenvalue weighted by molar-refractivity contribution is 8.00. The van der Waals surface area contributed by atoms with Crippen molar-refractivity contribution in [3.63, 3.8) is 0 Å². The van der Waals surface area contributed by atoms with E-state index in [-0.39, 0.29) is 22.8 Å². The van der Waals surface area contributed by atoms with Crippen LogP contribution in [0.5, 0.6) is 0 Å². The molecule has 1 heterocycles. The summed E-state index contributed by atoms with van der Waals surface area (Å²) in [6, 6.07) is 14.5. The average Bonchev–Trinajstić information content (AvgIpc) is 2.83. The summed E-state index contributed by atoms with van der Waals surface area (Å²) >= 11 is 1.59. The highest BCUT2D eigenvalue weighted by Gasteiger charge is 2.27. The van der Waals surface area contributed by atoms with Gasteiger partial charge < -0.3 is 16.2 Å². The number of amides is 1. The second-order valence-corrected chi connectivity index (χ2v) is 7.17. The van der Waals surface area contributed by atoms with E-state index in [1.54, 1.807) is 30.0 Å². The Labute approximate surface area is 150 Å². The number of benzene rings is 2. The van der Waals surface area contributed by atoms with E-state index in [1.807, 2.05) is 30.3 Å². The molecule has 2 atom stereocenters. The van der Waals surface area contributed by atoms with Crippen molar-refractivity contribution in [1.82, 2.24) is 5.32 Å². The third kappa shape index (κ3) is 3.86. The maximum atomic E-state index is 12.5. The summed E-state index contributed by atoms with van der Waals surface area (Å²) in [4.78, 5) is 24.0. The first-order chi connectivity index (χ1) is 12.1. The molecule has 25 heavy (non-hydrogen) atoms. The molecule has 0 unspecified atom stereocenters. The van der Waals surface area contributed by atoms with Gasteiger partial charge >= 0.3 is 5.97 Å². The summed E-state index contributed by atoms with van der Waals surface area (Å²) in [5, 5.41) is 12.1. The zero-order chi connectivity index (χ0) is 17.8. The molecule has 1 aliphatic heterocycles. The topological polar surface area (TPSA) is 92.4 Å². The molecule has 130 valence electrons. The van der Waals surface area contributed by atoms with Crippen LogP contribution in [0.1, 0.15) is 27.6 Å². The zero-order valence-electron chi connectivity index (χ0n) is 13.6. The number of hydrogen-bond donors (Lipinski definition) is 3. The highest BCUT2D eigenvalue weighted by atomic mass is 32.2. The fourth-order valence-corrected chi connectivity index (χ4v) is 4.18. The van der Waals surface area contributed by atoms with Gasteiger partial charge in [0.05, 0.1) is 5.56 Å². The smallest absolute Gasteiger partial charge is 0.336 e. The van der Waals surface area contributed by atoms with Crippen LogP contribution < -0.4 is 11.1 Å². The summed E-state index contributed by atoms with van der Waals surface area (Å²) in [5.41, 5.74) is 8.25. The second kappa shape index (κ2) is 7.72. The quantitative estimate of drug-likeness (QED) is 0.783. The number of thioether (sulfide) groups is 1. The number of nitrogens with two attached hydrogens (primary N) is 1. The second-order valence-electron chi connectivity index (χ2n) is 5.96. The number of hydrogen-bond acceptors (Lipinski definition) is 4. The molecule has 5 nitrogen and oxygen atoms in total. The number of carboxylic acids is 1. The van der Waals surface area contributed by atoms with Gasteiger partial charge in [0.2, 0.25) is 5.91 Å². The Morgan fingerprint density at radius 1 is 1.24 bits per heavy atom. The van der Waals surface area contributed by atoms with Crippen LogP contribution in [0.2, 0.25) is 0 Å². The number of carboxylic acid groups (broad SMARTS) is 1. The van der Waals surface area contributed by atoms with Gasteiger partial charge in [-0.05, 0) is 41.0 Å². The lowest BCUT2D eigenvalue weighted by Gasteiger charge is -2.16. The van der Waals surface area contributed by atoms with Crippen molar-refractivity contribution in [2.45, 2.75) is 17.7 Å². The largest absolute Gasteiger partial charge is 0.478 e. The predicted molar refractivity (Wildman–Crippen MR) is 99.6 cm³/mol. The van der Waals surface area contributed by atoms with Crippen molar-refractivity contribution in [2.75, 3.05) is 12.3 Å². The van der Waals surface area contributed by atoms with Gasteiger partial charge in [0, 0.05) is 12.6 Å². The normalized spacial score (nSPS) is 20.6. The molecule has 2 aromatic carbocycles. The monoisotopic (exact) mass is 356 g/mol. The molecule has 1 amide bonds. The first-order valence-electron chi connectivity index (χ1n) is 8.15. The van der Waals surface area contributed by atoms with Gasteiger partial charge in [0.1, 0.15) is 5.25 Å². The van der Waals surface area contributed by atoms with Gasteiger partial charge in [-0.2, -0.15) is 0 Å². The van der Waals surface area contributed by atoms with Crippen LogP contribution in [-0.2, 0) is 4.79 Å². The van der Waals surface area contributed by atoms with E-state index in [1.165, 1.54) is 0 Å². The Balaban J connectivity index is 1.95. The summed E-state index contributed by atoms with van der Waals surface area (Å²) in [6.07, 6.45) is 0.852. The Morgan fingerprint density at radius 2 is 2.04 bits per heavy atom. The van der Waals surface area contributed by atoms with Gasteiger partial charge in [-0.15, -0.1) is 11.8 Å². The Bertz CT molecular complexity index is 794. The molecule has 4 N–H and O–H groups in total. The minimum absolute atomic E-state index is 0.0147. The fraction of sp³-hybridized carbons (Fsp3) is 0.263. The molecule has 6 heteroatoms. The lowest BCUT2D eigenvalue weighted by molar-refractivity contribution is -0.121. The van der Waals surface area contributed by atoms with E-state index in [9.17, 15) is 14.7 Å². The molecule has 1 aliphatic rings. The van der Waals surface area contributed by atoms with Crippen LogP contribution in [0.15, 0.2) is 48.5 Å². The van der Waals surface area contributed by atoms with Gasteiger partial charge in [-0.3, -0.25) is 4.79 Å². The van der Waals surface area contributed by atoms with Gasteiger partial charge in [0.25, 0.3) is 0 Å². The van der Waals surface area contributed by atoms with Crippen molar-refractivity contribution in [2.24, 2.45) is 5.73 Å². The van der Waals surface area contributed by atoms with Crippen LogP contribution in [0.4, 0.5) is 0 Å². The van der Waals surface area contributed by atoms with Crippen LogP contribution in [0.25, 0.3) is 11.1 Å². The van der Waals surface area contributed by atoms with Crippen LogP contribution >= 0.6 is 11.8 Å². The zero-order valence-corrected chi connectivity index (χ0v) is 14.5. The van der Waals surface area contributed by atoms with E-state index in [0.29, 0.717) is 12.1 Å². The van der Waals surface area contributed by atoms with Gasteiger partial charge in [0.15, 0.2) is 0 Å². The van der Waals surface area contributed by atoms with Crippen LogP contribution in [0.3, 0.4) is 0 Å². The number of carbonyl (C=O) groups excluding carboxylic acids is 1. The fourth-order valence-electron chi connectivity index (χ4n) is 2.97. The molecule has 0 bridgehead atoms. The standard InChI is InChI=1S/C19H20N2O3S/c20-11-14-8-9-25-17(18(22)21-14)13-5-3-4-12(10-13)15-6-1-2-7-16(15)19(23)24/h1-7,10,14,17H,8-9,11,20H2,(H,21,22)(H,23,24)/t14-,17+/m0/s1. The van der Waals surface area contributed by atoms with Crippen molar-refractivity contribution < 1.29 is 14.7 Å². The van der Waals surface area contributed by atoms with E-state index < -0.39 is 5.97 Å². The Hall–Kier alpha value is -2.31. The van der Waals surface area contributed by atoms with Crippen molar-refractivity contribution in [3.8, 4) is 11.1 Å². The minimum atomic E-state index is -0.964. The molecule has 1 fully saturated rings. The van der Waals surface area contributed by atoms with E-state index in [4.69, 9.17) is 5.73 Å². The third-order valence-electron chi connectivity index (χ3n) is 4.28. The summed E-state index contributed by atoms with van der Waals surface area (Å²) < 4.78 is 0. The third-order valence-corrected chi connectivity index (χ3v) is 5.57. The molecule has 2 aromatic rings. The predicted octanol–water partition coefficient (Wildman–Crippen LogP) is 2.67. The van der Waals surface area contributed by atoms with Crippen LogP contribution in [0, 0.1) is 0 Å². The lowest BCUT2D eigenvalue weighted by atomic mass is 9.97. The maximum absolute atomic E-state index is 12.5. The minimum Gasteiger partial charge on any atom is -0.478 e. The molecule has 1 saturated heterocycles. The first-order valence-corrected chi connectivity index (χ1v) is 9.19. The van der Waals surface area contributed by atoms with Crippen molar-refractivity contribution in [3.05, 3.63) is 59.7 Å². The Kier molecular flexibility index (Phi) is 5.40. The Morgan fingerprint density at radius 3 is 2.80 bits per heavy atom. The summed E-state index contributed by atoms with van der Waals surface area (Å²) in [6.45, 7) is 0.436. The number of aromatic carboxylic acids is 1. The highest BCUT2D eigenvalue weighted by Crippen LogP contribution is 2.34. The van der Waals surface area contributed by atoms with Crippen LogP contribution in [-0.4, -0.2) is 35.3 Å². The van der Waals surface area contributed by atoms with E-state index in [0.717, 1.165) is 23.3 Å². The van der Waals surface area contributed by atoms with E-state index in [2.05, 4.69) is 5.32 Å². The molecule has 0 radical (unpaired) electrons. The summed E-state index contributed by atoms with van der Waals surface area (Å²) in [7, 11) is 0. The molecule has 0 saturated carbocycles. The van der Waals surface area contributed by atoms with E-state index >= 15 is 0 Å². The van der Waals surface area contributed by atoms with Gasteiger partial charge in [-0.25, -0.2) is 4.79 Å². The lowest BCUT2D eigenvalue weighted by Crippen LogP contribution is -2.40. The summed E-state index contributed by atoms with van der Waals surface area (Å²) in [5.74, 6) is -0.156. The number of rotatable bonds is 4. The van der Waals surface area contributed by atoms with Crippen molar-refractivity contribution >= 4 is 23.6 Å². The molecule has 3 rings (SSSR count). The number of nitrogens with one attached hydrogen (secondary N) is 1. The molecule has 0 aromatic heterocycles.